The Hall–Kier alpha value is -2.59. The van der Waals surface area contributed by atoms with Gasteiger partial charge in [0, 0.05) is 11.4 Å². The molecule has 3 rings (SSSR count). The summed E-state index contributed by atoms with van der Waals surface area (Å²) in [6, 6.07) is 6.64. The highest BCUT2D eigenvalue weighted by Gasteiger charge is 2.33. The summed E-state index contributed by atoms with van der Waals surface area (Å²) in [7, 11) is 1.31. The molecule has 0 fully saturated rings. The maximum absolute atomic E-state index is 12.4. The Labute approximate surface area is 158 Å². The maximum Gasteiger partial charge on any atom is 0.338 e. The Morgan fingerprint density at radius 1 is 1.35 bits per heavy atom. The minimum absolute atomic E-state index is 0.328. The van der Waals surface area contributed by atoms with Crippen molar-refractivity contribution < 1.29 is 14.3 Å². The number of hydrogen-bond acceptors (Lipinski definition) is 8. The van der Waals surface area contributed by atoms with Crippen LogP contribution in [0.3, 0.4) is 0 Å². The summed E-state index contributed by atoms with van der Waals surface area (Å²) in [6.45, 7) is 1.97. The van der Waals surface area contributed by atoms with E-state index in [0.29, 0.717) is 26.5 Å². The molecule has 1 unspecified atom stereocenters. The number of urea groups is 1. The van der Waals surface area contributed by atoms with E-state index in [-0.39, 0.29) is 6.03 Å². The van der Waals surface area contributed by atoms with Gasteiger partial charge in [0.15, 0.2) is 4.34 Å². The number of aryl methyl sites for hydroxylation is 1. The second kappa shape index (κ2) is 7.75. The van der Waals surface area contributed by atoms with Crippen LogP contribution < -0.4 is 16.4 Å². The first-order valence-corrected chi connectivity index (χ1v) is 9.45. The van der Waals surface area contributed by atoms with Crippen LogP contribution in [-0.2, 0) is 9.53 Å². The Kier molecular flexibility index (Phi) is 5.43. The van der Waals surface area contributed by atoms with Gasteiger partial charge in [-0.25, -0.2) is 9.59 Å². The van der Waals surface area contributed by atoms with Gasteiger partial charge in [0.25, 0.3) is 0 Å². The summed E-state index contributed by atoms with van der Waals surface area (Å²) in [5.41, 5.74) is 8.31. The molecule has 26 heavy (non-hydrogen) atoms. The number of rotatable bonds is 5. The van der Waals surface area contributed by atoms with Crippen molar-refractivity contribution in [3.63, 3.8) is 0 Å². The SMILES string of the molecule is COC(=O)C1=C(CSc2nnc(N)s2)NC(=O)NC1c1ccc(C)cc1. The summed E-state index contributed by atoms with van der Waals surface area (Å²) < 4.78 is 5.60. The van der Waals surface area contributed by atoms with Crippen molar-refractivity contribution in [2.45, 2.75) is 17.3 Å². The largest absolute Gasteiger partial charge is 0.466 e. The molecule has 1 aliphatic rings. The van der Waals surface area contributed by atoms with Gasteiger partial charge >= 0.3 is 12.0 Å². The summed E-state index contributed by atoms with van der Waals surface area (Å²) in [5, 5.41) is 13.5. The number of anilines is 1. The normalized spacial score (nSPS) is 16.8. The number of carbonyl (C=O) groups is 2. The lowest BCUT2D eigenvalue weighted by Crippen LogP contribution is -2.46. The van der Waals surface area contributed by atoms with Crippen LogP contribution in [0.2, 0.25) is 0 Å². The molecule has 0 radical (unpaired) electrons. The van der Waals surface area contributed by atoms with Gasteiger partial charge in [-0.1, -0.05) is 52.9 Å². The number of benzene rings is 1. The van der Waals surface area contributed by atoms with Crippen molar-refractivity contribution in [2.75, 3.05) is 18.6 Å². The molecule has 1 aromatic heterocycles. The molecule has 10 heteroatoms. The molecule has 8 nitrogen and oxygen atoms in total. The van der Waals surface area contributed by atoms with Crippen LogP contribution in [0, 0.1) is 6.92 Å². The number of nitrogens with one attached hydrogen (secondary N) is 2. The monoisotopic (exact) mass is 391 g/mol. The highest BCUT2D eigenvalue weighted by molar-refractivity contribution is 8.01. The molecule has 0 saturated heterocycles. The average molecular weight is 391 g/mol. The van der Waals surface area contributed by atoms with Gasteiger partial charge < -0.3 is 21.1 Å². The van der Waals surface area contributed by atoms with E-state index in [2.05, 4.69) is 20.8 Å². The minimum Gasteiger partial charge on any atom is -0.466 e. The van der Waals surface area contributed by atoms with Gasteiger partial charge in [-0.05, 0) is 12.5 Å². The maximum atomic E-state index is 12.4. The standard InChI is InChI=1S/C16H17N5O3S2/c1-8-3-5-9(6-4-8)12-11(13(22)24-2)10(18-15(23)19-12)7-25-16-21-20-14(17)26-16/h3-6,12H,7H2,1-2H3,(H2,17,20)(H2,18,19,23). The summed E-state index contributed by atoms with van der Waals surface area (Å²) in [6.07, 6.45) is 0. The Morgan fingerprint density at radius 2 is 2.08 bits per heavy atom. The molecule has 136 valence electrons. The lowest BCUT2D eigenvalue weighted by Gasteiger charge is -2.29. The Morgan fingerprint density at radius 3 is 2.69 bits per heavy atom. The van der Waals surface area contributed by atoms with E-state index in [1.165, 1.54) is 30.2 Å². The summed E-state index contributed by atoms with van der Waals surface area (Å²) >= 11 is 2.58. The molecule has 0 spiro atoms. The fourth-order valence-electron chi connectivity index (χ4n) is 2.50. The number of ether oxygens (including phenoxy) is 1. The second-order valence-electron chi connectivity index (χ2n) is 5.52. The van der Waals surface area contributed by atoms with E-state index in [1.807, 2.05) is 31.2 Å². The number of esters is 1. The zero-order chi connectivity index (χ0) is 18.7. The van der Waals surface area contributed by atoms with Gasteiger partial charge in [-0.3, -0.25) is 0 Å². The number of nitrogens with two attached hydrogens (primary N) is 1. The zero-order valence-electron chi connectivity index (χ0n) is 14.1. The summed E-state index contributed by atoms with van der Waals surface area (Å²) in [4.78, 5) is 24.6. The number of aromatic nitrogens is 2. The predicted molar refractivity (Wildman–Crippen MR) is 99.7 cm³/mol. The minimum atomic E-state index is -0.591. The van der Waals surface area contributed by atoms with E-state index in [1.54, 1.807) is 0 Å². The topological polar surface area (TPSA) is 119 Å². The number of amides is 2. The molecule has 1 aromatic carbocycles. The molecular weight excluding hydrogens is 374 g/mol. The van der Waals surface area contributed by atoms with E-state index < -0.39 is 12.0 Å². The van der Waals surface area contributed by atoms with Crippen molar-refractivity contribution in [2.24, 2.45) is 0 Å². The number of hydrogen-bond donors (Lipinski definition) is 3. The lowest BCUT2D eigenvalue weighted by atomic mass is 9.95. The smallest absolute Gasteiger partial charge is 0.338 e. The molecule has 0 aliphatic carbocycles. The van der Waals surface area contributed by atoms with Crippen molar-refractivity contribution >= 4 is 40.2 Å². The fourth-order valence-corrected chi connectivity index (χ4v) is 4.11. The average Bonchev–Trinajstić information content (AvgIpc) is 3.05. The number of thioether (sulfide) groups is 1. The lowest BCUT2D eigenvalue weighted by molar-refractivity contribution is -0.136. The van der Waals surface area contributed by atoms with Crippen LogP contribution in [0.25, 0.3) is 0 Å². The van der Waals surface area contributed by atoms with E-state index in [0.717, 1.165) is 11.1 Å². The first kappa shape index (κ1) is 18.2. The highest BCUT2D eigenvalue weighted by atomic mass is 32.2. The number of methoxy groups -OCH3 is 1. The molecule has 2 heterocycles. The number of nitrogens with zero attached hydrogens (tertiary/aromatic N) is 2. The van der Waals surface area contributed by atoms with Gasteiger partial charge in [0.1, 0.15) is 0 Å². The van der Waals surface area contributed by atoms with Crippen molar-refractivity contribution in [1.29, 1.82) is 0 Å². The number of nitrogen functional groups attached to an aromatic ring is 1. The van der Waals surface area contributed by atoms with E-state index >= 15 is 0 Å². The fraction of sp³-hybridized carbons (Fsp3) is 0.250. The van der Waals surface area contributed by atoms with Crippen LogP contribution in [0.5, 0.6) is 0 Å². The first-order valence-electron chi connectivity index (χ1n) is 7.65. The van der Waals surface area contributed by atoms with Crippen molar-refractivity contribution in [3.8, 4) is 0 Å². The van der Waals surface area contributed by atoms with Crippen LogP contribution in [-0.4, -0.2) is 35.1 Å². The summed E-state index contributed by atoms with van der Waals surface area (Å²) in [5.74, 6) is -0.176. The molecule has 1 aliphatic heterocycles. The van der Waals surface area contributed by atoms with Crippen molar-refractivity contribution in [1.82, 2.24) is 20.8 Å². The molecule has 2 amide bonds. The molecule has 2 aromatic rings. The quantitative estimate of drug-likeness (QED) is 0.527. The van der Waals surface area contributed by atoms with Gasteiger partial charge in [0.05, 0.1) is 18.7 Å². The zero-order valence-corrected chi connectivity index (χ0v) is 15.7. The van der Waals surface area contributed by atoms with Crippen LogP contribution in [0.4, 0.5) is 9.93 Å². The Balaban J connectivity index is 1.95. The van der Waals surface area contributed by atoms with Gasteiger partial charge in [-0.15, -0.1) is 10.2 Å². The van der Waals surface area contributed by atoms with Gasteiger partial charge in [0.2, 0.25) is 5.13 Å². The van der Waals surface area contributed by atoms with E-state index in [4.69, 9.17) is 10.5 Å². The predicted octanol–water partition coefficient (Wildman–Crippen LogP) is 2.00. The molecule has 0 saturated carbocycles. The van der Waals surface area contributed by atoms with Crippen LogP contribution in [0.1, 0.15) is 17.2 Å². The third-order valence-corrected chi connectivity index (χ3v) is 5.64. The third-order valence-electron chi connectivity index (χ3n) is 3.73. The van der Waals surface area contributed by atoms with Gasteiger partial charge in [-0.2, -0.15) is 0 Å². The Bertz CT molecular complexity index is 863. The second-order valence-corrected chi connectivity index (χ2v) is 7.75. The highest BCUT2D eigenvalue weighted by Crippen LogP contribution is 2.31. The molecule has 1 atom stereocenters. The first-order chi connectivity index (χ1) is 12.5. The molecule has 4 N–H and O–H groups in total. The van der Waals surface area contributed by atoms with E-state index in [9.17, 15) is 9.59 Å². The van der Waals surface area contributed by atoms with Crippen LogP contribution >= 0.6 is 23.1 Å². The molecular formula is C16H17N5O3S2. The third kappa shape index (κ3) is 3.97. The van der Waals surface area contributed by atoms with Crippen LogP contribution in [0.15, 0.2) is 39.9 Å². The number of carbonyl (C=O) groups excluding carboxylic acids is 2. The molecule has 0 bridgehead atoms. The van der Waals surface area contributed by atoms with Crippen molar-refractivity contribution in [3.05, 3.63) is 46.7 Å².